The molecular weight excluding hydrogens is 345 g/mol. The molecule has 3 N–H and O–H groups in total. The number of carbonyl (C=O) groups is 1. The van der Waals surface area contributed by atoms with Crippen molar-refractivity contribution in [2.75, 3.05) is 18.4 Å². The van der Waals surface area contributed by atoms with Crippen LogP contribution in [0, 0.1) is 5.92 Å². The Morgan fingerprint density at radius 2 is 2.04 bits per heavy atom. The molecule has 2 rings (SSSR count). The number of alkyl halides is 3. The number of carbonyl (C=O) groups excluding carboxylic acids is 1. The molecule has 0 radical (unpaired) electrons. The molecule has 144 valence electrons. The van der Waals surface area contributed by atoms with Gasteiger partial charge in [0.15, 0.2) is 5.96 Å². The molecule has 0 atom stereocenters. The first kappa shape index (κ1) is 20.1. The zero-order valence-corrected chi connectivity index (χ0v) is 14.8. The van der Waals surface area contributed by atoms with E-state index in [1.165, 1.54) is 0 Å². The summed E-state index contributed by atoms with van der Waals surface area (Å²) in [5, 5.41) is 8.50. The molecule has 0 aromatic heterocycles. The molecule has 5 nitrogen and oxygen atoms in total. The van der Waals surface area contributed by atoms with E-state index in [-0.39, 0.29) is 18.4 Å². The van der Waals surface area contributed by atoms with Crippen LogP contribution < -0.4 is 16.0 Å². The molecule has 0 bridgehead atoms. The van der Waals surface area contributed by atoms with Gasteiger partial charge in [-0.25, -0.2) is 4.99 Å². The number of anilines is 1. The normalized spacial score (nSPS) is 15.3. The summed E-state index contributed by atoms with van der Waals surface area (Å²) in [5.41, 5.74) is 1.58. The second-order valence-corrected chi connectivity index (χ2v) is 6.30. The maximum Gasteiger partial charge on any atom is 0.390 e. The largest absolute Gasteiger partial charge is 0.390 e. The van der Waals surface area contributed by atoms with Gasteiger partial charge in [-0.3, -0.25) is 4.79 Å². The summed E-state index contributed by atoms with van der Waals surface area (Å²) in [6.07, 6.45) is -2.14. The third kappa shape index (κ3) is 6.93. The van der Waals surface area contributed by atoms with Crippen LogP contribution in [-0.4, -0.2) is 31.1 Å². The van der Waals surface area contributed by atoms with E-state index in [0.29, 0.717) is 24.7 Å². The Balaban J connectivity index is 1.90. The van der Waals surface area contributed by atoms with Crippen LogP contribution in [-0.2, 0) is 11.3 Å². The highest BCUT2D eigenvalue weighted by Crippen LogP contribution is 2.27. The van der Waals surface area contributed by atoms with Gasteiger partial charge in [-0.05, 0) is 37.5 Å². The minimum atomic E-state index is -4.20. The van der Waals surface area contributed by atoms with Crippen molar-refractivity contribution in [2.24, 2.45) is 10.9 Å². The second kappa shape index (κ2) is 9.45. The molecule has 1 amide bonds. The fourth-order valence-electron chi connectivity index (χ4n) is 2.50. The highest BCUT2D eigenvalue weighted by atomic mass is 19.4. The number of rotatable bonds is 7. The topological polar surface area (TPSA) is 65.5 Å². The number of amides is 1. The molecule has 8 heteroatoms. The minimum absolute atomic E-state index is 0.0408. The van der Waals surface area contributed by atoms with Crippen LogP contribution in [0.4, 0.5) is 18.9 Å². The molecule has 0 aliphatic heterocycles. The fourth-order valence-corrected chi connectivity index (χ4v) is 2.50. The molecule has 1 fully saturated rings. The van der Waals surface area contributed by atoms with Gasteiger partial charge in [-0.1, -0.05) is 18.6 Å². The molecule has 26 heavy (non-hydrogen) atoms. The van der Waals surface area contributed by atoms with Crippen molar-refractivity contribution in [1.29, 1.82) is 0 Å². The minimum Gasteiger partial charge on any atom is -0.357 e. The van der Waals surface area contributed by atoms with Crippen LogP contribution in [0.25, 0.3) is 0 Å². The van der Waals surface area contributed by atoms with E-state index in [9.17, 15) is 18.0 Å². The number of halogens is 3. The van der Waals surface area contributed by atoms with Crippen molar-refractivity contribution in [3.63, 3.8) is 0 Å². The summed E-state index contributed by atoms with van der Waals surface area (Å²) < 4.78 is 36.7. The van der Waals surface area contributed by atoms with Crippen molar-refractivity contribution in [2.45, 2.75) is 45.3 Å². The molecule has 1 saturated carbocycles. The van der Waals surface area contributed by atoms with Crippen LogP contribution in [0.2, 0.25) is 0 Å². The van der Waals surface area contributed by atoms with Gasteiger partial charge in [0, 0.05) is 24.7 Å². The van der Waals surface area contributed by atoms with Crippen LogP contribution >= 0.6 is 0 Å². The first-order valence-electron chi connectivity index (χ1n) is 8.86. The molecule has 0 spiro atoms. The van der Waals surface area contributed by atoms with Gasteiger partial charge < -0.3 is 16.0 Å². The second-order valence-electron chi connectivity index (χ2n) is 6.30. The van der Waals surface area contributed by atoms with Gasteiger partial charge in [0.25, 0.3) is 0 Å². The summed E-state index contributed by atoms with van der Waals surface area (Å²) in [5.74, 6) is 0.481. The molecule has 1 aromatic rings. The Hall–Kier alpha value is -2.25. The molecule has 0 saturated heterocycles. The molecule has 0 heterocycles. The third-order valence-electron chi connectivity index (χ3n) is 4.14. The van der Waals surface area contributed by atoms with Gasteiger partial charge in [0.1, 0.15) is 0 Å². The summed E-state index contributed by atoms with van der Waals surface area (Å²) in [4.78, 5) is 16.3. The van der Waals surface area contributed by atoms with Crippen molar-refractivity contribution in [1.82, 2.24) is 10.6 Å². The van der Waals surface area contributed by atoms with Gasteiger partial charge in [-0.2, -0.15) is 13.2 Å². The van der Waals surface area contributed by atoms with Crippen LogP contribution in [0.1, 0.15) is 38.2 Å². The standard InChI is InChI=1S/C18H25F3N4O/c1-2-22-17(23-10-9-18(19,20)21)24-12-13-5-3-8-15(11-13)25-16(26)14-6-4-7-14/h3,5,8,11,14H,2,4,6-7,9-10,12H2,1H3,(H,25,26)(H2,22,23,24). The van der Waals surface area contributed by atoms with E-state index in [0.717, 1.165) is 24.8 Å². The van der Waals surface area contributed by atoms with Gasteiger partial charge in [0.2, 0.25) is 5.91 Å². The monoisotopic (exact) mass is 370 g/mol. The number of hydrogen-bond acceptors (Lipinski definition) is 2. The highest BCUT2D eigenvalue weighted by molar-refractivity contribution is 5.93. The quantitative estimate of drug-likeness (QED) is 0.509. The Kier molecular flexibility index (Phi) is 7.29. The molecule has 1 aliphatic carbocycles. The van der Waals surface area contributed by atoms with E-state index in [1.54, 1.807) is 0 Å². The maximum absolute atomic E-state index is 12.2. The van der Waals surface area contributed by atoms with Crippen molar-refractivity contribution < 1.29 is 18.0 Å². The first-order valence-corrected chi connectivity index (χ1v) is 8.86. The molecule has 0 unspecified atom stereocenters. The van der Waals surface area contributed by atoms with E-state index >= 15 is 0 Å². The predicted octanol–water partition coefficient (Wildman–Crippen LogP) is 3.43. The Labute approximate surface area is 151 Å². The zero-order valence-electron chi connectivity index (χ0n) is 14.8. The number of hydrogen-bond donors (Lipinski definition) is 3. The van der Waals surface area contributed by atoms with Crippen molar-refractivity contribution in [3.8, 4) is 0 Å². The maximum atomic E-state index is 12.2. The van der Waals surface area contributed by atoms with Crippen LogP contribution in [0.15, 0.2) is 29.3 Å². The lowest BCUT2D eigenvalue weighted by molar-refractivity contribution is -0.132. The van der Waals surface area contributed by atoms with Gasteiger partial charge in [0.05, 0.1) is 13.0 Å². The smallest absolute Gasteiger partial charge is 0.357 e. The highest BCUT2D eigenvalue weighted by Gasteiger charge is 2.26. The van der Waals surface area contributed by atoms with Gasteiger partial charge in [-0.15, -0.1) is 0 Å². The van der Waals surface area contributed by atoms with Crippen molar-refractivity contribution in [3.05, 3.63) is 29.8 Å². The van der Waals surface area contributed by atoms with E-state index in [2.05, 4.69) is 20.9 Å². The lowest BCUT2D eigenvalue weighted by atomic mass is 9.85. The predicted molar refractivity (Wildman–Crippen MR) is 95.9 cm³/mol. The number of nitrogens with one attached hydrogen (secondary N) is 3. The average Bonchev–Trinajstić information content (AvgIpc) is 2.50. The lowest BCUT2D eigenvalue weighted by Gasteiger charge is -2.24. The number of nitrogens with zero attached hydrogens (tertiary/aromatic N) is 1. The van der Waals surface area contributed by atoms with E-state index in [4.69, 9.17) is 0 Å². The van der Waals surface area contributed by atoms with E-state index in [1.807, 2.05) is 31.2 Å². The van der Waals surface area contributed by atoms with Crippen LogP contribution in [0.3, 0.4) is 0 Å². The summed E-state index contributed by atoms with van der Waals surface area (Å²) in [7, 11) is 0. The SMILES string of the molecule is CCNC(=NCc1cccc(NC(=O)C2CCC2)c1)NCCC(F)(F)F. The Morgan fingerprint density at radius 3 is 2.65 bits per heavy atom. The molecule has 1 aromatic carbocycles. The van der Waals surface area contributed by atoms with Crippen molar-refractivity contribution >= 4 is 17.6 Å². The average molecular weight is 370 g/mol. The summed E-state index contributed by atoms with van der Waals surface area (Å²) >= 11 is 0. The van der Waals surface area contributed by atoms with E-state index < -0.39 is 12.6 Å². The van der Waals surface area contributed by atoms with Crippen LogP contribution in [0.5, 0.6) is 0 Å². The number of aliphatic imine (C=N–C) groups is 1. The number of benzene rings is 1. The Bertz CT molecular complexity index is 627. The summed E-state index contributed by atoms with van der Waals surface area (Å²) in [6.45, 7) is 2.47. The molecular formula is C18H25F3N4O. The number of guanidine groups is 1. The first-order chi connectivity index (χ1) is 12.4. The third-order valence-corrected chi connectivity index (χ3v) is 4.14. The molecule has 1 aliphatic rings. The Morgan fingerprint density at radius 1 is 1.27 bits per heavy atom. The zero-order chi connectivity index (χ0) is 19.0. The lowest BCUT2D eigenvalue weighted by Crippen LogP contribution is -2.38. The fraction of sp³-hybridized carbons (Fsp3) is 0.556. The summed E-state index contributed by atoms with van der Waals surface area (Å²) in [6, 6.07) is 7.34. The van der Waals surface area contributed by atoms with Gasteiger partial charge >= 0.3 is 6.18 Å².